The summed E-state index contributed by atoms with van der Waals surface area (Å²) in [7, 11) is 0. The number of aromatic nitrogens is 3. The van der Waals surface area contributed by atoms with Crippen molar-refractivity contribution in [3.63, 3.8) is 0 Å². The largest absolute Gasteiger partial charge is 0.300 e. The molecule has 178 valence electrons. The van der Waals surface area contributed by atoms with Crippen molar-refractivity contribution in [2.24, 2.45) is 9.98 Å². The number of hydrogen-bond acceptors (Lipinski definition) is 6. The van der Waals surface area contributed by atoms with E-state index in [0.717, 1.165) is 37.7 Å². The molecule has 1 amide bonds. The van der Waals surface area contributed by atoms with E-state index in [0.29, 0.717) is 23.6 Å². The van der Waals surface area contributed by atoms with Gasteiger partial charge in [0.1, 0.15) is 12.4 Å². The zero-order chi connectivity index (χ0) is 24.6. The Labute approximate surface area is 226 Å². The van der Waals surface area contributed by atoms with E-state index in [4.69, 9.17) is 17.2 Å². The lowest BCUT2D eigenvalue weighted by Crippen LogP contribution is -2.58. The fourth-order valence-corrected chi connectivity index (χ4v) is 5.14. The lowest BCUT2D eigenvalue weighted by atomic mass is 10.1. The number of fused-ring (bicyclic) bond motifs is 3. The Balaban J connectivity index is 1.43. The summed E-state index contributed by atoms with van der Waals surface area (Å²) < 4.78 is 3.57. The van der Waals surface area contributed by atoms with Crippen LogP contribution in [0.3, 0.4) is 0 Å². The molecular formula is C26H20IN7OS. The van der Waals surface area contributed by atoms with Gasteiger partial charge >= 0.3 is 0 Å². The zero-order valence-corrected chi connectivity index (χ0v) is 22.0. The number of anilines is 1. The Hall–Kier alpha value is -3.64. The Bertz CT molecular complexity index is 1580. The molecule has 2 aliphatic rings. The number of para-hydroxylation sites is 1. The van der Waals surface area contributed by atoms with Crippen LogP contribution in [0, 0.1) is 8.34 Å². The van der Waals surface area contributed by atoms with Gasteiger partial charge in [-0.3, -0.25) is 19.5 Å². The highest BCUT2D eigenvalue weighted by atomic mass is 127. The van der Waals surface area contributed by atoms with Gasteiger partial charge in [-0.25, -0.2) is 15.0 Å². The number of aliphatic imine (C=N–C) groups is 2. The summed E-state index contributed by atoms with van der Waals surface area (Å²) in [5, 5.41) is 10.9. The van der Waals surface area contributed by atoms with E-state index in [1.54, 1.807) is 5.01 Å². The number of amidine groups is 2. The second-order valence-corrected chi connectivity index (χ2v) is 9.93. The molecule has 0 atom stereocenters. The lowest BCUT2D eigenvalue weighted by molar-refractivity contribution is -0.119. The first kappa shape index (κ1) is 22.8. The van der Waals surface area contributed by atoms with Crippen molar-refractivity contribution in [2.75, 3.05) is 11.6 Å². The summed E-state index contributed by atoms with van der Waals surface area (Å²) in [6.07, 6.45) is 0.509. The van der Waals surface area contributed by atoms with Crippen LogP contribution in [0.2, 0.25) is 0 Å². The molecule has 0 saturated heterocycles. The number of hydrogen-bond donors (Lipinski definition) is 1. The highest BCUT2D eigenvalue weighted by Crippen LogP contribution is 2.33. The van der Waals surface area contributed by atoms with E-state index in [9.17, 15) is 4.79 Å². The van der Waals surface area contributed by atoms with Gasteiger partial charge in [-0.05, 0) is 65.1 Å². The minimum absolute atomic E-state index is 0.0733. The molecular weight excluding hydrogens is 585 g/mol. The summed E-state index contributed by atoms with van der Waals surface area (Å²) in [5.74, 6) is 2.07. The molecule has 0 radical (unpaired) electrons. The minimum atomic E-state index is -0.114. The number of H-pyrrole nitrogens is 1. The maximum absolute atomic E-state index is 13.2. The van der Waals surface area contributed by atoms with Gasteiger partial charge < -0.3 is 0 Å². The number of aromatic amines is 1. The van der Waals surface area contributed by atoms with Crippen LogP contribution in [-0.4, -0.2) is 43.9 Å². The first-order valence-corrected chi connectivity index (χ1v) is 12.9. The van der Waals surface area contributed by atoms with Crippen LogP contribution >= 0.6 is 34.8 Å². The fourth-order valence-electron chi connectivity index (χ4n) is 4.43. The van der Waals surface area contributed by atoms with Gasteiger partial charge in [-0.2, -0.15) is 5.10 Å². The molecule has 0 bridgehead atoms. The first-order chi connectivity index (χ1) is 17.6. The first-order valence-electron chi connectivity index (χ1n) is 11.4. The number of amides is 1. The Morgan fingerprint density at radius 2 is 1.72 bits per heavy atom. The van der Waals surface area contributed by atoms with Crippen molar-refractivity contribution in [1.82, 2.24) is 19.8 Å². The van der Waals surface area contributed by atoms with Crippen molar-refractivity contribution in [3.05, 3.63) is 92.8 Å². The fraction of sp³-hybridized carbons (Fsp3) is 0.115. The highest BCUT2D eigenvalue weighted by Gasteiger charge is 2.37. The van der Waals surface area contributed by atoms with Crippen molar-refractivity contribution >= 4 is 63.8 Å². The second kappa shape index (κ2) is 9.43. The van der Waals surface area contributed by atoms with E-state index >= 15 is 0 Å². The van der Waals surface area contributed by atoms with Crippen LogP contribution in [0.25, 0.3) is 11.4 Å². The number of carbonyl (C=O) groups excluding carboxylic acids is 1. The van der Waals surface area contributed by atoms with Gasteiger partial charge in [0.2, 0.25) is 0 Å². The van der Waals surface area contributed by atoms with Crippen LogP contribution in [-0.2, 0) is 11.3 Å². The average Bonchev–Trinajstić information content (AvgIpc) is 3.28. The lowest BCUT2D eigenvalue weighted by Gasteiger charge is -2.42. The molecule has 3 aromatic carbocycles. The predicted octanol–water partition coefficient (Wildman–Crippen LogP) is 5.36. The van der Waals surface area contributed by atoms with Crippen molar-refractivity contribution in [1.29, 1.82) is 0 Å². The van der Waals surface area contributed by atoms with Crippen LogP contribution in [0.5, 0.6) is 0 Å². The smallest absolute Gasteiger partial charge is 0.267 e. The molecule has 3 heterocycles. The summed E-state index contributed by atoms with van der Waals surface area (Å²) in [4.78, 5) is 22.9. The standard InChI is InChI=1S/C26H20IN7OS/c27-18-11-12-21-20(15-18)25-28-16-23(35)33(19-9-5-2-6-10-19)34(25)22(29-21)13-14-32-24(30-31-26(32)36)17-7-3-1-4-8-17/h1-12,15H,13-14,16H2,(H,31,36). The van der Waals surface area contributed by atoms with Gasteiger partial charge in [0.25, 0.3) is 5.91 Å². The number of nitrogens with one attached hydrogen (secondary N) is 1. The van der Waals surface area contributed by atoms with Gasteiger partial charge in [0.05, 0.1) is 11.4 Å². The molecule has 0 fully saturated rings. The molecule has 2 aliphatic heterocycles. The number of carbonyl (C=O) groups is 1. The van der Waals surface area contributed by atoms with Gasteiger partial charge in [-0.15, -0.1) is 0 Å². The van der Waals surface area contributed by atoms with Crippen molar-refractivity contribution < 1.29 is 4.79 Å². The van der Waals surface area contributed by atoms with Crippen molar-refractivity contribution in [3.8, 4) is 11.4 Å². The molecule has 0 saturated carbocycles. The second-order valence-electron chi connectivity index (χ2n) is 8.30. The van der Waals surface area contributed by atoms with E-state index in [2.05, 4.69) is 43.8 Å². The molecule has 10 heteroatoms. The van der Waals surface area contributed by atoms with E-state index in [1.165, 1.54) is 0 Å². The predicted molar refractivity (Wildman–Crippen MR) is 151 cm³/mol. The Morgan fingerprint density at radius 3 is 2.50 bits per heavy atom. The normalized spacial score (nSPS) is 14.8. The number of hydrazine groups is 1. The summed E-state index contributed by atoms with van der Waals surface area (Å²) in [5.41, 5.74) is 3.48. The quantitative estimate of drug-likeness (QED) is 0.246. The van der Waals surface area contributed by atoms with Crippen LogP contribution in [0.1, 0.15) is 12.0 Å². The molecule has 0 aliphatic carbocycles. The third-order valence-corrected chi connectivity index (χ3v) is 7.03. The molecule has 0 unspecified atom stereocenters. The molecule has 36 heavy (non-hydrogen) atoms. The molecule has 1 aromatic heterocycles. The highest BCUT2D eigenvalue weighted by molar-refractivity contribution is 14.1. The van der Waals surface area contributed by atoms with Gasteiger partial charge in [-0.1, -0.05) is 48.5 Å². The van der Waals surface area contributed by atoms with Crippen LogP contribution < -0.4 is 5.01 Å². The summed E-state index contributed by atoms with van der Waals surface area (Å²) in [6.45, 7) is 0.600. The molecule has 0 spiro atoms. The monoisotopic (exact) mass is 605 g/mol. The number of halogens is 1. The maximum atomic E-state index is 13.2. The maximum Gasteiger partial charge on any atom is 0.267 e. The Kier molecular flexibility index (Phi) is 5.97. The van der Waals surface area contributed by atoms with E-state index in [1.807, 2.05) is 82.4 Å². The number of benzene rings is 3. The van der Waals surface area contributed by atoms with Gasteiger partial charge in [0, 0.05) is 27.7 Å². The third kappa shape index (κ3) is 4.05. The van der Waals surface area contributed by atoms with Crippen LogP contribution in [0.15, 0.2) is 88.8 Å². The topological polar surface area (TPSA) is 81.9 Å². The summed E-state index contributed by atoms with van der Waals surface area (Å²) >= 11 is 7.84. The van der Waals surface area contributed by atoms with Crippen LogP contribution in [0.4, 0.5) is 11.4 Å². The molecule has 4 aromatic rings. The Morgan fingerprint density at radius 1 is 0.972 bits per heavy atom. The third-order valence-electron chi connectivity index (χ3n) is 6.04. The number of rotatable bonds is 5. The van der Waals surface area contributed by atoms with E-state index in [-0.39, 0.29) is 12.5 Å². The summed E-state index contributed by atoms with van der Waals surface area (Å²) in [6, 6.07) is 25.6. The zero-order valence-electron chi connectivity index (χ0n) is 19.0. The minimum Gasteiger partial charge on any atom is -0.300 e. The molecule has 1 N–H and O–H groups in total. The van der Waals surface area contributed by atoms with Gasteiger partial charge in [0.15, 0.2) is 16.4 Å². The average molecular weight is 605 g/mol. The molecule has 8 nitrogen and oxygen atoms in total. The molecule has 6 rings (SSSR count). The van der Waals surface area contributed by atoms with Crippen molar-refractivity contribution in [2.45, 2.75) is 13.0 Å². The SMILES string of the molecule is O=C1CN=C2c3cc(I)ccc3N=C(CCn3c(-c4ccccc4)n[nH]c3=S)N2N1c1ccccc1. The van der Waals surface area contributed by atoms with E-state index < -0.39 is 0 Å². The number of nitrogens with zero attached hydrogens (tertiary/aromatic N) is 6.